The van der Waals surface area contributed by atoms with E-state index in [-0.39, 0.29) is 0 Å². The van der Waals surface area contributed by atoms with E-state index in [9.17, 15) is 24.6 Å². The van der Waals surface area contributed by atoms with Gasteiger partial charge in [0.2, 0.25) is 5.92 Å². The van der Waals surface area contributed by atoms with Crippen LogP contribution in [-0.2, 0) is 19.9 Å². The van der Waals surface area contributed by atoms with Crippen LogP contribution in [0.4, 0.5) is 0 Å². The number of pyridine rings is 1. The lowest BCUT2D eigenvalue weighted by atomic mass is 9.83. The number of ketones is 1. The number of aromatic nitrogens is 2. The second-order valence-electron chi connectivity index (χ2n) is 6.22. The van der Waals surface area contributed by atoms with Crippen LogP contribution in [-0.4, -0.2) is 37.5 Å². The van der Waals surface area contributed by atoms with E-state index in [4.69, 9.17) is 0 Å². The fourth-order valence-corrected chi connectivity index (χ4v) is 3.67. The van der Waals surface area contributed by atoms with Crippen molar-refractivity contribution in [2.24, 2.45) is 5.92 Å². The number of hydrogen-bond donors (Lipinski definition) is 2. The smallest absolute Gasteiger partial charge is 0.325 e. The van der Waals surface area contributed by atoms with Gasteiger partial charge in [0.1, 0.15) is 5.54 Å². The number of carboxylic acid groups (broad SMARTS) is 2. The Labute approximate surface area is 143 Å². The first-order chi connectivity index (χ1) is 12.0. The standard InChI is InChI=1S/C18H18N2O5/c21-15(14(16(22)23)17(24)25)18(7-1-2-8-18)20-10-4-6-13(20)12-5-3-9-19-11-12/h3-6,9-11,14H,1-2,7-8H2,(H,22,23)(H,24,25). The van der Waals surface area contributed by atoms with Crippen molar-refractivity contribution in [2.75, 3.05) is 0 Å². The van der Waals surface area contributed by atoms with Crippen molar-refractivity contribution in [2.45, 2.75) is 31.2 Å². The first-order valence-corrected chi connectivity index (χ1v) is 8.05. The van der Waals surface area contributed by atoms with Gasteiger partial charge in [-0.25, -0.2) is 0 Å². The lowest BCUT2D eigenvalue weighted by Crippen LogP contribution is -2.48. The first-order valence-electron chi connectivity index (χ1n) is 8.05. The minimum absolute atomic E-state index is 0.421. The van der Waals surface area contributed by atoms with Crippen molar-refractivity contribution in [3.63, 3.8) is 0 Å². The van der Waals surface area contributed by atoms with Crippen LogP contribution in [0.1, 0.15) is 25.7 Å². The number of hydrogen-bond acceptors (Lipinski definition) is 4. The fourth-order valence-electron chi connectivity index (χ4n) is 3.67. The van der Waals surface area contributed by atoms with E-state index >= 15 is 0 Å². The van der Waals surface area contributed by atoms with Crippen molar-refractivity contribution in [3.05, 3.63) is 42.9 Å². The van der Waals surface area contributed by atoms with Gasteiger partial charge in [0.25, 0.3) is 0 Å². The monoisotopic (exact) mass is 342 g/mol. The summed E-state index contributed by atoms with van der Waals surface area (Å²) in [6.45, 7) is 0. The molecule has 0 aliphatic heterocycles. The minimum atomic E-state index is -2.07. The summed E-state index contributed by atoms with van der Waals surface area (Å²) >= 11 is 0. The summed E-state index contributed by atoms with van der Waals surface area (Å²) in [6.07, 6.45) is 7.33. The van der Waals surface area contributed by atoms with Crippen LogP contribution in [0.5, 0.6) is 0 Å². The summed E-state index contributed by atoms with van der Waals surface area (Å²) in [5.74, 6) is -6.09. The Balaban J connectivity index is 2.12. The van der Waals surface area contributed by atoms with Crippen LogP contribution in [0.25, 0.3) is 11.3 Å². The molecule has 2 aromatic rings. The molecule has 2 N–H and O–H groups in total. The van der Waals surface area contributed by atoms with Crippen molar-refractivity contribution >= 4 is 17.7 Å². The summed E-state index contributed by atoms with van der Waals surface area (Å²) in [5, 5.41) is 18.5. The van der Waals surface area contributed by atoms with E-state index in [1.807, 2.05) is 12.1 Å². The van der Waals surface area contributed by atoms with E-state index in [1.165, 1.54) is 0 Å². The maximum Gasteiger partial charge on any atom is 0.325 e. The van der Waals surface area contributed by atoms with Gasteiger partial charge in [-0.1, -0.05) is 12.8 Å². The number of rotatable bonds is 6. The summed E-state index contributed by atoms with van der Waals surface area (Å²) in [4.78, 5) is 39.9. The largest absolute Gasteiger partial charge is 0.480 e. The van der Waals surface area contributed by atoms with Gasteiger partial charge in [0.15, 0.2) is 5.78 Å². The zero-order valence-electron chi connectivity index (χ0n) is 13.5. The molecule has 1 saturated carbocycles. The van der Waals surface area contributed by atoms with Crippen LogP contribution >= 0.6 is 0 Å². The SMILES string of the molecule is O=C(O)C(C(=O)O)C(=O)C1(n2cccc2-c2cccnc2)CCCC1. The van der Waals surface area contributed by atoms with Gasteiger partial charge in [-0.3, -0.25) is 19.4 Å². The van der Waals surface area contributed by atoms with Gasteiger partial charge >= 0.3 is 11.9 Å². The number of carboxylic acids is 2. The Morgan fingerprint density at radius 1 is 1.08 bits per heavy atom. The summed E-state index contributed by atoms with van der Waals surface area (Å²) < 4.78 is 1.73. The van der Waals surface area contributed by atoms with Gasteiger partial charge in [0, 0.05) is 24.2 Å². The molecule has 2 aromatic heterocycles. The van der Waals surface area contributed by atoms with Gasteiger partial charge in [0.05, 0.1) is 5.69 Å². The van der Waals surface area contributed by atoms with Gasteiger partial charge in [-0.2, -0.15) is 0 Å². The molecule has 1 fully saturated rings. The van der Waals surface area contributed by atoms with Crippen LogP contribution < -0.4 is 0 Å². The van der Waals surface area contributed by atoms with Crippen molar-refractivity contribution in [1.29, 1.82) is 0 Å². The molecule has 0 amide bonds. The third-order valence-electron chi connectivity index (χ3n) is 4.81. The number of aliphatic carboxylic acids is 2. The zero-order valence-corrected chi connectivity index (χ0v) is 13.5. The molecule has 2 heterocycles. The Hall–Kier alpha value is -2.96. The molecule has 7 nitrogen and oxygen atoms in total. The van der Waals surface area contributed by atoms with Crippen molar-refractivity contribution in [1.82, 2.24) is 9.55 Å². The minimum Gasteiger partial charge on any atom is -0.480 e. The molecule has 130 valence electrons. The molecule has 0 spiro atoms. The molecule has 1 aliphatic rings. The number of Topliss-reactive ketones (excluding diaryl/α,β-unsaturated/α-hetero) is 1. The highest BCUT2D eigenvalue weighted by molar-refractivity contribution is 6.16. The zero-order chi connectivity index (χ0) is 18.0. The van der Waals surface area contributed by atoms with Crippen molar-refractivity contribution < 1.29 is 24.6 Å². The summed E-state index contributed by atoms with van der Waals surface area (Å²) in [7, 11) is 0. The molecule has 1 aliphatic carbocycles. The maximum atomic E-state index is 13.0. The molecule has 3 rings (SSSR count). The molecular weight excluding hydrogens is 324 g/mol. The van der Waals surface area contributed by atoms with Crippen LogP contribution in [0.3, 0.4) is 0 Å². The molecule has 0 aromatic carbocycles. The molecule has 25 heavy (non-hydrogen) atoms. The maximum absolute atomic E-state index is 13.0. The third-order valence-corrected chi connectivity index (χ3v) is 4.81. The number of carbonyl (C=O) groups excluding carboxylic acids is 1. The predicted molar refractivity (Wildman–Crippen MR) is 87.9 cm³/mol. The number of carbonyl (C=O) groups is 3. The molecule has 0 radical (unpaired) electrons. The van der Waals surface area contributed by atoms with E-state index in [2.05, 4.69) is 4.98 Å². The topological polar surface area (TPSA) is 109 Å². The van der Waals surface area contributed by atoms with Crippen LogP contribution in [0, 0.1) is 5.92 Å². The average molecular weight is 342 g/mol. The molecule has 0 bridgehead atoms. The fraction of sp³-hybridized carbons (Fsp3) is 0.333. The molecule has 7 heteroatoms. The Morgan fingerprint density at radius 3 is 2.32 bits per heavy atom. The summed E-state index contributed by atoms with van der Waals surface area (Å²) in [6, 6.07) is 7.21. The highest BCUT2D eigenvalue weighted by Gasteiger charge is 2.50. The van der Waals surface area contributed by atoms with Gasteiger partial charge in [-0.05, 0) is 37.1 Å². The second kappa shape index (κ2) is 6.51. The summed E-state index contributed by atoms with van der Waals surface area (Å²) in [5.41, 5.74) is 0.350. The number of nitrogens with zero attached hydrogens (tertiary/aromatic N) is 2. The lowest BCUT2D eigenvalue weighted by Gasteiger charge is -2.33. The lowest BCUT2D eigenvalue weighted by molar-refractivity contribution is -0.160. The Kier molecular flexibility index (Phi) is 4.39. The van der Waals surface area contributed by atoms with E-state index in [0.29, 0.717) is 12.8 Å². The Bertz CT molecular complexity index is 792. The first kappa shape index (κ1) is 16.9. The highest BCUT2D eigenvalue weighted by Crippen LogP contribution is 2.42. The highest BCUT2D eigenvalue weighted by atomic mass is 16.4. The van der Waals surface area contributed by atoms with E-state index in [0.717, 1.165) is 24.1 Å². The van der Waals surface area contributed by atoms with Crippen molar-refractivity contribution in [3.8, 4) is 11.3 Å². The van der Waals surface area contributed by atoms with Crippen LogP contribution in [0.2, 0.25) is 0 Å². The van der Waals surface area contributed by atoms with Crippen LogP contribution in [0.15, 0.2) is 42.9 Å². The van der Waals surface area contributed by atoms with E-state index in [1.54, 1.807) is 35.3 Å². The second-order valence-corrected chi connectivity index (χ2v) is 6.22. The molecular formula is C18H18N2O5. The average Bonchev–Trinajstić information content (AvgIpc) is 3.25. The molecule has 0 unspecified atom stereocenters. The predicted octanol–water partition coefficient (Wildman–Crippen LogP) is 2.17. The molecule has 0 saturated heterocycles. The normalized spacial score (nSPS) is 16.0. The quantitative estimate of drug-likeness (QED) is 0.779. The van der Waals surface area contributed by atoms with E-state index < -0.39 is 29.2 Å². The Morgan fingerprint density at radius 2 is 1.76 bits per heavy atom. The van der Waals surface area contributed by atoms with Gasteiger partial charge < -0.3 is 14.8 Å². The third kappa shape index (κ3) is 2.82. The van der Waals surface area contributed by atoms with Gasteiger partial charge in [-0.15, -0.1) is 0 Å². The molecule has 0 atom stereocenters.